The van der Waals surface area contributed by atoms with Crippen molar-refractivity contribution in [1.82, 2.24) is 15.5 Å². The minimum absolute atomic E-state index is 0.168. The van der Waals surface area contributed by atoms with Gasteiger partial charge in [0.15, 0.2) is 0 Å². The zero-order valence-electron chi connectivity index (χ0n) is 22.6. The number of nitrogens with one attached hydrogen (secondary N) is 2. The van der Waals surface area contributed by atoms with Crippen LogP contribution in [0.1, 0.15) is 83.0 Å². The first-order chi connectivity index (χ1) is 16.7. The van der Waals surface area contributed by atoms with E-state index in [1.807, 2.05) is 45.9 Å². The summed E-state index contributed by atoms with van der Waals surface area (Å²) in [5.41, 5.74) is 7.27. The molecule has 0 saturated heterocycles. The van der Waals surface area contributed by atoms with E-state index < -0.39 is 42.0 Å². The number of hydrogen-bond donors (Lipinski definition) is 3. The number of amides is 4. The van der Waals surface area contributed by atoms with Crippen LogP contribution in [0.15, 0.2) is 18.2 Å². The SMILES string of the molecule is CCCCNC(=O)C(c1ccc(C)cc1C)N(C(=O)C(CC(N)=O)NC(=O)OC(C)(C)C)C1CC1C. The first-order valence-electron chi connectivity index (χ1n) is 12.7. The lowest BCUT2D eigenvalue weighted by Gasteiger charge is -2.35. The lowest BCUT2D eigenvalue weighted by molar-refractivity contribution is -0.144. The van der Waals surface area contributed by atoms with Crippen molar-refractivity contribution >= 4 is 23.8 Å². The number of benzene rings is 1. The average Bonchev–Trinajstić information content (AvgIpc) is 3.45. The number of carbonyl (C=O) groups is 4. The molecule has 0 aromatic heterocycles. The molecule has 4 unspecified atom stereocenters. The van der Waals surface area contributed by atoms with Gasteiger partial charge in [-0.25, -0.2) is 4.79 Å². The van der Waals surface area contributed by atoms with Gasteiger partial charge in [0.25, 0.3) is 0 Å². The van der Waals surface area contributed by atoms with Gasteiger partial charge in [0.05, 0.1) is 6.42 Å². The predicted molar refractivity (Wildman–Crippen MR) is 138 cm³/mol. The molecular weight excluding hydrogens is 460 g/mol. The minimum atomic E-state index is -1.26. The van der Waals surface area contributed by atoms with E-state index in [2.05, 4.69) is 10.6 Å². The summed E-state index contributed by atoms with van der Waals surface area (Å²) in [6.45, 7) is 13.5. The summed E-state index contributed by atoms with van der Waals surface area (Å²) < 4.78 is 5.32. The van der Waals surface area contributed by atoms with Crippen molar-refractivity contribution in [3.63, 3.8) is 0 Å². The molecule has 0 aliphatic heterocycles. The quantitative estimate of drug-likeness (QED) is 0.400. The molecule has 4 atom stereocenters. The van der Waals surface area contributed by atoms with E-state index >= 15 is 0 Å². The number of unbranched alkanes of at least 4 members (excludes halogenated alkanes) is 1. The second-order valence-corrected chi connectivity index (χ2v) is 10.8. The van der Waals surface area contributed by atoms with E-state index in [1.165, 1.54) is 4.90 Å². The van der Waals surface area contributed by atoms with Gasteiger partial charge in [0.1, 0.15) is 17.7 Å². The van der Waals surface area contributed by atoms with Crippen LogP contribution in [0.25, 0.3) is 0 Å². The fourth-order valence-corrected chi connectivity index (χ4v) is 4.24. The summed E-state index contributed by atoms with van der Waals surface area (Å²) in [5, 5.41) is 5.49. The van der Waals surface area contributed by atoms with Crippen molar-refractivity contribution in [2.75, 3.05) is 6.54 Å². The minimum Gasteiger partial charge on any atom is -0.444 e. The van der Waals surface area contributed by atoms with E-state index in [4.69, 9.17) is 10.5 Å². The second-order valence-electron chi connectivity index (χ2n) is 10.8. The smallest absolute Gasteiger partial charge is 0.408 e. The zero-order chi connectivity index (χ0) is 27.2. The van der Waals surface area contributed by atoms with E-state index in [9.17, 15) is 19.2 Å². The largest absolute Gasteiger partial charge is 0.444 e. The van der Waals surface area contributed by atoms with Crippen LogP contribution in [0.4, 0.5) is 4.79 Å². The Kier molecular flexibility index (Phi) is 9.90. The standard InChI is InChI=1S/C27H42N4O5/c1-8-9-12-29-24(33)23(19-11-10-16(2)13-17(19)3)31(21-14-18(21)4)25(34)20(15-22(28)32)30-26(35)36-27(5,6)7/h10-11,13,18,20-21,23H,8-9,12,14-15H2,1-7H3,(H2,28,32)(H,29,33)(H,30,35). The molecule has 9 nitrogen and oxygen atoms in total. The third-order valence-electron chi connectivity index (χ3n) is 6.15. The van der Waals surface area contributed by atoms with Crippen molar-refractivity contribution in [3.8, 4) is 0 Å². The fraction of sp³-hybridized carbons (Fsp3) is 0.630. The number of rotatable bonds is 11. The molecule has 0 radical (unpaired) electrons. The van der Waals surface area contributed by atoms with Crippen molar-refractivity contribution in [1.29, 1.82) is 0 Å². The average molecular weight is 503 g/mol. The van der Waals surface area contributed by atoms with Crippen LogP contribution in [0.2, 0.25) is 0 Å². The lowest BCUT2D eigenvalue weighted by Crippen LogP contribution is -2.55. The van der Waals surface area contributed by atoms with E-state index in [-0.39, 0.29) is 17.9 Å². The molecule has 0 heterocycles. The molecular formula is C27H42N4O5. The maximum atomic E-state index is 14.0. The molecule has 4 amide bonds. The number of nitrogens with two attached hydrogens (primary N) is 1. The number of ether oxygens (including phenoxy) is 1. The van der Waals surface area contributed by atoms with Crippen molar-refractivity contribution in [3.05, 3.63) is 34.9 Å². The van der Waals surface area contributed by atoms with E-state index in [0.29, 0.717) is 18.5 Å². The second kappa shape index (κ2) is 12.2. The van der Waals surface area contributed by atoms with Crippen LogP contribution in [0.5, 0.6) is 0 Å². The zero-order valence-corrected chi connectivity index (χ0v) is 22.6. The Morgan fingerprint density at radius 3 is 2.33 bits per heavy atom. The van der Waals surface area contributed by atoms with Crippen LogP contribution < -0.4 is 16.4 Å². The molecule has 1 fully saturated rings. The summed E-state index contributed by atoms with van der Waals surface area (Å²) >= 11 is 0. The maximum absolute atomic E-state index is 14.0. The van der Waals surface area contributed by atoms with Gasteiger partial charge in [-0.1, -0.05) is 44.0 Å². The molecule has 4 N–H and O–H groups in total. The van der Waals surface area contributed by atoms with Crippen LogP contribution in [-0.4, -0.2) is 52.9 Å². The van der Waals surface area contributed by atoms with Crippen LogP contribution in [0, 0.1) is 19.8 Å². The van der Waals surface area contributed by atoms with Crippen LogP contribution >= 0.6 is 0 Å². The molecule has 2 rings (SSSR count). The summed E-state index contributed by atoms with van der Waals surface area (Å²) in [6.07, 6.45) is 1.19. The van der Waals surface area contributed by atoms with Crippen molar-refractivity contribution in [2.24, 2.45) is 11.7 Å². The molecule has 1 aliphatic carbocycles. The van der Waals surface area contributed by atoms with Gasteiger partial charge in [0, 0.05) is 12.6 Å². The highest BCUT2D eigenvalue weighted by Crippen LogP contribution is 2.41. The van der Waals surface area contributed by atoms with Gasteiger partial charge in [-0.15, -0.1) is 0 Å². The normalized spacial score (nSPS) is 18.5. The van der Waals surface area contributed by atoms with Gasteiger partial charge in [-0.3, -0.25) is 14.4 Å². The Labute approximate surface area is 214 Å². The molecule has 0 spiro atoms. The van der Waals surface area contributed by atoms with Gasteiger partial charge >= 0.3 is 6.09 Å². The fourth-order valence-electron chi connectivity index (χ4n) is 4.24. The highest BCUT2D eigenvalue weighted by molar-refractivity contribution is 5.95. The summed E-state index contributed by atoms with van der Waals surface area (Å²) in [6, 6.07) is 3.36. The van der Waals surface area contributed by atoms with Crippen LogP contribution in [0.3, 0.4) is 0 Å². The monoisotopic (exact) mass is 502 g/mol. The molecule has 1 saturated carbocycles. The van der Waals surface area contributed by atoms with Gasteiger partial charge < -0.3 is 26.0 Å². The lowest BCUT2D eigenvalue weighted by atomic mass is 9.96. The van der Waals surface area contributed by atoms with Gasteiger partial charge in [-0.2, -0.15) is 0 Å². The Bertz CT molecular complexity index is 971. The molecule has 200 valence electrons. The Hall–Kier alpha value is -3.10. The highest BCUT2D eigenvalue weighted by Gasteiger charge is 2.48. The Morgan fingerprint density at radius 1 is 1.19 bits per heavy atom. The molecule has 9 heteroatoms. The molecule has 1 aliphatic rings. The predicted octanol–water partition coefficient (Wildman–Crippen LogP) is 3.27. The number of primary amides is 1. The first-order valence-corrected chi connectivity index (χ1v) is 12.7. The molecule has 0 bridgehead atoms. The van der Waals surface area contributed by atoms with Crippen molar-refractivity contribution < 1.29 is 23.9 Å². The van der Waals surface area contributed by atoms with Crippen molar-refractivity contribution in [2.45, 2.75) is 97.9 Å². The summed E-state index contributed by atoms with van der Waals surface area (Å²) in [4.78, 5) is 53.5. The van der Waals surface area contributed by atoms with E-state index in [1.54, 1.807) is 20.8 Å². The van der Waals surface area contributed by atoms with E-state index in [0.717, 1.165) is 24.0 Å². The summed E-state index contributed by atoms with van der Waals surface area (Å²) in [7, 11) is 0. The van der Waals surface area contributed by atoms with Gasteiger partial charge in [0.2, 0.25) is 17.7 Å². The third kappa shape index (κ3) is 8.24. The number of hydrogen-bond acceptors (Lipinski definition) is 5. The maximum Gasteiger partial charge on any atom is 0.408 e. The Balaban J connectivity index is 2.51. The number of alkyl carbamates (subject to hydrolysis) is 1. The molecule has 1 aromatic rings. The number of nitrogens with zero attached hydrogens (tertiary/aromatic N) is 1. The highest BCUT2D eigenvalue weighted by atomic mass is 16.6. The third-order valence-corrected chi connectivity index (χ3v) is 6.15. The number of aryl methyl sites for hydroxylation is 2. The topological polar surface area (TPSA) is 131 Å². The number of carbonyl (C=O) groups excluding carboxylic acids is 4. The van der Waals surface area contributed by atoms with Gasteiger partial charge in [-0.05, 0) is 64.5 Å². The summed E-state index contributed by atoms with van der Waals surface area (Å²) in [5.74, 6) is -1.41. The molecule has 36 heavy (non-hydrogen) atoms. The molecule has 1 aromatic carbocycles. The van der Waals surface area contributed by atoms with Crippen LogP contribution in [-0.2, 0) is 19.1 Å². The first kappa shape index (κ1) is 29.1. The Morgan fingerprint density at radius 2 is 1.83 bits per heavy atom.